The van der Waals surface area contributed by atoms with Crippen LogP contribution in [0.1, 0.15) is 37.8 Å². The molecule has 0 saturated carbocycles. The number of carbonyl (C=O) groups is 3. The van der Waals surface area contributed by atoms with Crippen molar-refractivity contribution in [2.24, 2.45) is 5.73 Å². The third kappa shape index (κ3) is 5.91. The maximum Gasteiger partial charge on any atom is 0.336 e. The number of primary amides is 1. The molecule has 0 aliphatic rings. The number of hydrogen-bond acceptors (Lipinski definition) is 6. The first-order valence-electron chi connectivity index (χ1n) is 10.1. The van der Waals surface area contributed by atoms with Gasteiger partial charge in [0.15, 0.2) is 5.54 Å². The lowest BCUT2D eigenvalue weighted by Gasteiger charge is -2.31. The summed E-state index contributed by atoms with van der Waals surface area (Å²) in [5, 5.41) is 15.9. The number of esters is 1. The smallest absolute Gasteiger partial charge is 0.336 e. The number of hydrogen-bond donors (Lipinski definition) is 4. The standard InChI is InChI=1S/C23H28ClN3O5/c1-4-23(22(31)32-3,27-20(30)13-19(25)29)16-10-8-15(9-11-16)12-14(2)26-17-6-5-7-18(28)21(17)24/h5-11,14,26,28H,4,12-13H2,1-3H3,(H2,25,29)(H,27,30). The largest absolute Gasteiger partial charge is 0.506 e. The van der Waals surface area contributed by atoms with Gasteiger partial charge in [-0.05, 0) is 43.0 Å². The summed E-state index contributed by atoms with van der Waals surface area (Å²) < 4.78 is 4.94. The van der Waals surface area contributed by atoms with Crippen LogP contribution in [0.5, 0.6) is 5.75 Å². The summed E-state index contributed by atoms with van der Waals surface area (Å²) in [5.74, 6) is -2.08. The van der Waals surface area contributed by atoms with Crippen LogP contribution in [-0.4, -0.2) is 36.0 Å². The Morgan fingerprint density at radius 1 is 1.19 bits per heavy atom. The summed E-state index contributed by atoms with van der Waals surface area (Å²) in [5.41, 5.74) is 5.80. The first-order chi connectivity index (χ1) is 15.1. The van der Waals surface area contributed by atoms with Crippen LogP contribution in [0.4, 0.5) is 5.69 Å². The first-order valence-corrected chi connectivity index (χ1v) is 10.5. The van der Waals surface area contributed by atoms with Crippen molar-refractivity contribution in [3.63, 3.8) is 0 Å². The summed E-state index contributed by atoms with van der Waals surface area (Å²) in [7, 11) is 1.24. The van der Waals surface area contributed by atoms with Gasteiger partial charge in [0.1, 0.15) is 17.2 Å². The van der Waals surface area contributed by atoms with Crippen molar-refractivity contribution in [1.82, 2.24) is 5.32 Å². The van der Waals surface area contributed by atoms with Crippen molar-refractivity contribution in [2.75, 3.05) is 12.4 Å². The number of benzene rings is 2. The van der Waals surface area contributed by atoms with Gasteiger partial charge in [-0.25, -0.2) is 4.79 Å². The van der Waals surface area contributed by atoms with E-state index in [4.69, 9.17) is 22.1 Å². The Balaban J connectivity index is 2.21. The third-order valence-electron chi connectivity index (χ3n) is 5.12. The van der Waals surface area contributed by atoms with Crippen molar-refractivity contribution in [2.45, 2.75) is 44.7 Å². The van der Waals surface area contributed by atoms with Crippen molar-refractivity contribution in [3.8, 4) is 5.75 Å². The molecule has 2 aromatic carbocycles. The Kier molecular flexibility index (Phi) is 8.48. The van der Waals surface area contributed by atoms with Gasteiger partial charge in [-0.1, -0.05) is 48.9 Å². The summed E-state index contributed by atoms with van der Waals surface area (Å²) in [6.45, 7) is 3.71. The average molecular weight is 462 g/mol. The molecule has 0 saturated heterocycles. The molecule has 8 nitrogen and oxygen atoms in total. The molecule has 0 aromatic heterocycles. The van der Waals surface area contributed by atoms with Crippen LogP contribution in [-0.2, 0) is 31.1 Å². The Morgan fingerprint density at radius 2 is 1.84 bits per heavy atom. The van der Waals surface area contributed by atoms with E-state index in [9.17, 15) is 19.5 Å². The second-order valence-electron chi connectivity index (χ2n) is 7.53. The Hall–Kier alpha value is -3.26. The molecule has 5 N–H and O–H groups in total. The van der Waals surface area contributed by atoms with E-state index in [-0.39, 0.29) is 23.2 Å². The van der Waals surface area contributed by atoms with Crippen molar-refractivity contribution in [1.29, 1.82) is 0 Å². The molecule has 2 aromatic rings. The first kappa shape index (κ1) is 25.0. The molecule has 0 spiro atoms. The van der Waals surface area contributed by atoms with Crippen LogP contribution < -0.4 is 16.4 Å². The van der Waals surface area contributed by atoms with E-state index in [1.165, 1.54) is 13.2 Å². The summed E-state index contributed by atoms with van der Waals surface area (Å²) in [6, 6.07) is 12.2. The lowest BCUT2D eigenvalue weighted by atomic mass is 9.86. The van der Waals surface area contributed by atoms with E-state index in [1.807, 2.05) is 19.1 Å². The van der Waals surface area contributed by atoms with Crippen LogP contribution in [0.15, 0.2) is 42.5 Å². The average Bonchev–Trinajstić information content (AvgIpc) is 2.74. The SMILES string of the molecule is CCC(NC(=O)CC(N)=O)(C(=O)OC)c1ccc(CC(C)Nc2cccc(O)c2Cl)cc1. The number of aromatic hydroxyl groups is 1. The maximum atomic E-state index is 12.6. The van der Waals surface area contributed by atoms with E-state index < -0.39 is 29.7 Å². The number of halogens is 1. The van der Waals surface area contributed by atoms with Gasteiger partial charge < -0.3 is 26.2 Å². The minimum Gasteiger partial charge on any atom is -0.506 e. The number of rotatable bonds is 10. The molecule has 2 amide bonds. The summed E-state index contributed by atoms with van der Waals surface area (Å²) in [6.07, 6.45) is 0.326. The predicted molar refractivity (Wildman–Crippen MR) is 122 cm³/mol. The van der Waals surface area contributed by atoms with Crippen LogP contribution in [0.3, 0.4) is 0 Å². The normalized spacial score (nSPS) is 13.5. The zero-order valence-corrected chi connectivity index (χ0v) is 19.0. The fourth-order valence-electron chi connectivity index (χ4n) is 3.52. The van der Waals surface area contributed by atoms with Crippen molar-refractivity contribution >= 4 is 35.1 Å². The highest BCUT2D eigenvalue weighted by molar-refractivity contribution is 6.34. The van der Waals surface area contributed by atoms with Gasteiger partial charge in [0.25, 0.3) is 0 Å². The zero-order valence-electron chi connectivity index (χ0n) is 18.3. The number of phenolic OH excluding ortho intramolecular Hbond substituents is 1. The molecule has 172 valence electrons. The molecule has 0 aliphatic carbocycles. The second-order valence-corrected chi connectivity index (χ2v) is 7.90. The Morgan fingerprint density at radius 3 is 2.41 bits per heavy atom. The number of methoxy groups -OCH3 is 1. The zero-order chi connectivity index (χ0) is 23.9. The topological polar surface area (TPSA) is 131 Å². The van der Waals surface area contributed by atoms with Crippen molar-refractivity contribution in [3.05, 3.63) is 58.6 Å². The second kappa shape index (κ2) is 10.9. The quantitative estimate of drug-likeness (QED) is 0.318. The highest BCUT2D eigenvalue weighted by Gasteiger charge is 2.41. The number of anilines is 1. The predicted octanol–water partition coefficient (Wildman–Crippen LogP) is 2.86. The van der Waals surface area contributed by atoms with E-state index >= 15 is 0 Å². The van der Waals surface area contributed by atoms with Gasteiger partial charge in [-0.15, -0.1) is 0 Å². The molecule has 2 atom stereocenters. The van der Waals surface area contributed by atoms with Crippen LogP contribution in [0, 0.1) is 0 Å². The lowest BCUT2D eigenvalue weighted by molar-refractivity contribution is -0.152. The van der Waals surface area contributed by atoms with E-state index in [1.54, 1.807) is 31.2 Å². The number of amides is 2. The van der Waals surface area contributed by atoms with Gasteiger partial charge in [0, 0.05) is 6.04 Å². The van der Waals surface area contributed by atoms with Crippen molar-refractivity contribution < 1.29 is 24.2 Å². The minimum absolute atomic E-state index is 0.00492. The monoisotopic (exact) mass is 461 g/mol. The van der Waals surface area contributed by atoms with Gasteiger partial charge >= 0.3 is 5.97 Å². The van der Waals surface area contributed by atoms with E-state index in [0.29, 0.717) is 17.7 Å². The number of carbonyl (C=O) groups excluding carboxylic acids is 3. The number of ether oxygens (including phenoxy) is 1. The van der Waals surface area contributed by atoms with E-state index in [0.717, 1.165) is 5.56 Å². The summed E-state index contributed by atoms with van der Waals surface area (Å²) in [4.78, 5) is 35.9. The molecule has 32 heavy (non-hydrogen) atoms. The molecular formula is C23H28ClN3O5. The molecular weight excluding hydrogens is 434 g/mol. The highest BCUT2D eigenvalue weighted by Crippen LogP contribution is 2.32. The summed E-state index contributed by atoms with van der Waals surface area (Å²) >= 11 is 6.12. The Labute approximate surface area is 192 Å². The van der Waals surface area contributed by atoms with E-state index in [2.05, 4.69) is 10.6 Å². The fraction of sp³-hybridized carbons (Fsp3) is 0.348. The molecule has 0 bridgehead atoms. The minimum atomic E-state index is -1.43. The lowest BCUT2D eigenvalue weighted by Crippen LogP contribution is -2.52. The molecule has 0 fully saturated rings. The third-order valence-corrected chi connectivity index (χ3v) is 5.52. The Bertz CT molecular complexity index is 980. The molecule has 2 rings (SSSR count). The van der Waals surface area contributed by atoms with Gasteiger partial charge in [-0.2, -0.15) is 0 Å². The molecule has 9 heteroatoms. The van der Waals surface area contributed by atoms with Crippen LogP contribution in [0.25, 0.3) is 0 Å². The van der Waals surface area contributed by atoms with Gasteiger partial charge in [0.05, 0.1) is 12.8 Å². The maximum absolute atomic E-state index is 12.6. The van der Waals surface area contributed by atoms with Crippen LogP contribution >= 0.6 is 11.6 Å². The molecule has 0 radical (unpaired) electrons. The molecule has 0 heterocycles. The van der Waals surface area contributed by atoms with Gasteiger partial charge in [0.2, 0.25) is 11.8 Å². The van der Waals surface area contributed by atoms with Crippen LogP contribution in [0.2, 0.25) is 5.02 Å². The molecule has 2 unspecified atom stereocenters. The molecule has 0 aliphatic heterocycles. The number of nitrogens with two attached hydrogens (primary N) is 1. The number of nitrogens with one attached hydrogen (secondary N) is 2. The van der Waals surface area contributed by atoms with Gasteiger partial charge in [-0.3, -0.25) is 9.59 Å². The fourth-order valence-corrected chi connectivity index (χ4v) is 3.70. The number of phenols is 1. The highest BCUT2D eigenvalue weighted by atomic mass is 35.5.